The second kappa shape index (κ2) is 5.29. The first kappa shape index (κ1) is 9.49. The quantitative estimate of drug-likeness (QED) is 0.449. The molecular weight excluding hydrogens is 138 g/mol. The lowest BCUT2D eigenvalue weighted by molar-refractivity contribution is 0.146. The topological polar surface area (TPSA) is 35.9 Å². The van der Waals surface area contributed by atoms with Crippen LogP contribution in [0.4, 0.5) is 8.78 Å². The van der Waals surface area contributed by atoms with E-state index in [9.17, 15) is 8.78 Å². The standard InChI is InChI=1S/C6H12F2N2/c1-5(9)2-3-10-4-6(7)8/h6,9-10H,2-4H2,1H3. The van der Waals surface area contributed by atoms with Gasteiger partial charge in [-0.25, -0.2) is 8.78 Å². The van der Waals surface area contributed by atoms with Crippen LogP contribution in [0.2, 0.25) is 0 Å². The molecule has 0 aromatic rings. The molecule has 0 spiro atoms. The van der Waals surface area contributed by atoms with E-state index in [1.165, 1.54) is 0 Å². The van der Waals surface area contributed by atoms with Crippen molar-refractivity contribution in [2.75, 3.05) is 13.1 Å². The Morgan fingerprint density at radius 3 is 2.60 bits per heavy atom. The van der Waals surface area contributed by atoms with Gasteiger partial charge in [0.05, 0.1) is 6.54 Å². The third kappa shape index (κ3) is 7.49. The van der Waals surface area contributed by atoms with Gasteiger partial charge in [-0.15, -0.1) is 0 Å². The summed E-state index contributed by atoms with van der Waals surface area (Å²) in [6, 6.07) is 0. The highest BCUT2D eigenvalue weighted by Gasteiger charge is 1.99. The van der Waals surface area contributed by atoms with Crippen molar-refractivity contribution >= 4 is 5.71 Å². The van der Waals surface area contributed by atoms with Crippen LogP contribution in [0.5, 0.6) is 0 Å². The summed E-state index contributed by atoms with van der Waals surface area (Å²) in [6.07, 6.45) is -1.74. The maximum atomic E-state index is 11.4. The Balaban J connectivity index is 2.98. The van der Waals surface area contributed by atoms with Gasteiger partial charge in [-0.1, -0.05) is 0 Å². The maximum absolute atomic E-state index is 11.4. The third-order valence-electron chi connectivity index (χ3n) is 0.975. The van der Waals surface area contributed by atoms with Gasteiger partial charge < -0.3 is 10.7 Å². The van der Waals surface area contributed by atoms with Crippen LogP contribution in [0, 0.1) is 5.41 Å². The van der Waals surface area contributed by atoms with Crippen LogP contribution in [0.15, 0.2) is 0 Å². The van der Waals surface area contributed by atoms with Crippen molar-refractivity contribution < 1.29 is 8.78 Å². The van der Waals surface area contributed by atoms with Gasteiger partial charge in [0.1, 0.15) is 0 Å². The molecule has 0 aliphatic heterocycles. The zero-order valence-electron chi connectivity index (χ0n) is 5.95. The predicted octanol–water partition coefficient (Wildman–Crippen LogP) is 1.27. The summed E-state index contributed by atoms with van der Waals surface area (Å²) >= 11 is 0. The zero-order valence-corrected chi connectivity index (χ0v) is 5.95. The smallest absolute Gasteiger partial charge is 0.250 e. The summed E-state index contributed by atoms with van der Waals surface area (Å²) in [5.74, 6) is 0. The normalized spacial score (nSPS) is 10.4. The molecule has 0 aromatic carbocycles. The SMILES string of the molecule is CC(=N)CCNCC(F)F. The summed E-state index contributed by atoms with van der Waals surface area (Å²) < 4.78 is 22.9. The van der Waals surface area contributed by atoms with Gasteiger partial charge in [-0.2, -0.15) is 0 Å². The van der Waals surface area contributed by atoms with E-state index in [2.05, 4.69) is 5.32 Å². The van der Waals surface area contributed by atoms with E-state index in [-0.39, 0.29) is 6.54 Å². The van der Waals surface area contributed by atoms with E-state index in [1.54, 1.807) is 6.92 Å². The minimum Gasteiger partial charge on any atom is -0.311 e. The van der Waals surface area contributed by atoms with Crippen molar-refractivity contribution in [3.05, 3.63) is 0 Å². The van der Waals surface area contributed by atoms with Gasteiger partial charge in [0.2, 0.25) is 0 Å². The summed E-state index contributed by atoms with van der Waals surface area (Å²) in [6.45, 7) is 1.86. The molecule has 0 radical (unpaired) electrons. The van der Waals surface area contributed by atoms with Crippen molar-refractivity contribution in [2.24, 2.45) is 0 Å². The second-order valence-corrected chi connectivity index (χ2v) is 2.13. The Bertz CT molecular complexity index is 104. The molecule has 0 heterocycles. The fraction of sp³-hybridized carbons (Fsp3) is 0.833. The van der Waals surface area contributed by atoms with Crippen LogP contribution < -0.4 is 5.32 Å². The Labute approximate surface area is 59.1 Å². The molecule has 10 heavy (non-hydrogen) atoms. The molecular formula is C6H12F2N2. The highest BCUT2D eigenvalue weighted by Crippen LogP contribution is 1.87. The molecule has 0 unspecified atom stereocenters. The molecule has 0 saturated heterocycles. The lowest BCUT2D eigenvalue weighted by atomic mass is 10.3. The molecule has 0 saturated carbocycles. The molecule has 0 atom stereocenters. The lowest BCUT2D eigenvalue weighted by Crippen LogP contribution is -2.23. The first-order valence-electron chi connectivity index (χ1n) is 3.16. The number of hydrogen-bond donors (Lipinski definition) is 2. The van der Waals surface area contributed by atoms with Crippen molar-refractivity contribution in [3.8, 4) is 0 Å². The number of alkyl halides is 2. The largest absolute Gasteiger partial charge is 0.311 e. The summed E-state index contributed by atoms with van der Waals surface area (Å²) in [5, 5.41) is 9.48. The zero-order chi connectivity index (χ0) is 7.98. The molecule has 0 aliphatic rings. The van der Waals surface area contributed by atoms with E-state index in [0.29, 0.717) is 18.7 Å². The number of hydrogen-bond acceptors (Lipinski definition) is 2. The summed E-state index contributed by atoms with van der Waals surface area (Å²) in [5.41, 5.74) is 0.516. The fourth-order valence-electron chi connectivity index (χ4n) is 0.487. The van der Waals surface area contributed by atoms with E-state index in [1.807, 2.05) is 0 Å². The van der Waals surface area contributed by atoms with Crippen LogP contribution in [0.1, 0.15) is 13.3 Å². The summed E-state index contributed by atoms with van der Waals surface area (Å²) in [4.78, 5) is 0. The molecule has 2 nitrogen and oxygen atoms in total. The third-order valence-corrected chi connectivity index (χ3v) is 0.975. The molecule has 0 aromatic heterocycles. The molecule has 4 heteroatoms. The Hall–Kier alpha value is -0.510. The van der Waals surface area contributed by atoms with Crippen molar-refractivity contribution in [1.29, 1.82) is 5.41 Å². The van der Waals surface area contributed by atoms with Crippen LogP contribution in [0.25, 0.3) is 0 Å². The molecule has 0 aliphatic carbocycles. The second-order valence-electron chi connectivity index (χ2n) is 2.13. The molecule has 0 amide bonds. The minimum atomic E-state index is -2.29. The lowest BCUT2D eigenvalue weighted by Gasteiger charge is -2.01. The van der Waals surface area contributed by atoms with E-state index in [4.69, 9.17) is 5.41 Å². The van der Waals surface area contributed by atoms with Crippen molar-refractivity contribution in [3.63, 3.8) is 0 Å². The van der Waals surface area contributed by atoms with Gasteiger partial charge in [-0.3, -0.25) is 0 Å². The molecule has 60 valence electrons. The number of halogens is 2. The number of nitrogens with one attached hydrogen (secondary N) is 2. The van der Waals surface area contributed by atoms with Gasteiger partial charge in [-0.05, 0) is 13.3 Å². The van der Waals surface area contributed by atoms with Crippen LogP contribution in [-0.2, 0) is 0 Å². The van der Waals surface area contributed by atoms with Gasteiger partial charge in [0, 0.05) is 12.3 Å². The molecule has 0 fully saturated rings. The summed E-state index contributed by atoms with van der Waals surface area (Å²) in [7, 11) is 0. The van der Waals surface area contributed by atoms with E-state index in [0.717, 1.165) is 0 Å². The van der Waals surface area contributed by atoms with Gasteiger partial charge in [0.15, 0.2) is 0 Å². The number of rotatable bonds is 5. The predicted molar refractivity (Wildman–Crippen MR) is 36.9 cm³/mol. The average Bonchev–Trinajstić information content (AvgIpc) is 1.79. The van der Waals surface area contributed by atoms with Crippen molar-refractivity contribution in [2.45, 2.75) is 19.8 Å². The first-order valence-corrected chi connectivity index (χ1v) is 3.16. The highest BCUT2D eigenvalue weighted by molar-refractivity contribution is 5.78. The Morgan fingerprint density at radius 1 is 1.60 bits per heavy atom. The van der Waals surface area contributed by atoms with Crippen LogP contribution in [-0.4, -0.2) is 25.2 Å². The highest BCUT2D eigenvalue weighted by atomic mass is 19.3. The minimum absolute atomic E-state index is 0.271. The maximum Gasteiger partial charge on any atom is 0.250 e. The molecule has 2 N–H and O–H groups in total. The average molecular weight is 150 g/mol. The van der Waals surface area contributed by atoms with E-state index < -0.39 is 6.43 Å². The Morgan fingerprint density at radius 2 is 2.20 bits per heavy atom. The first-order chi connectivity index (χ1) is 4.63. The monoisotopic (exact) mass is 150 g/mol. The van der Waals surface area contributed by atoms with Crippen LogP contribution >= 0.6 is 0 Å². The van der Waals surface area contributed by atoms with E-state index >= 15 is 0 Å². The fourth-order valence-corrected chi connectivity index (χ4v) is 0.487. The molecule has 0 rings (SSSR count). The Kier molecular flexibility index (Phi) is 5.02. The van der Waals surface area contributed by atoms with Crippen molar-refractivity contribution in [1.82, 2.24) is 5.32 Å². The van der Waals surface area contributed by atoms with Gasteiger partial charge in [0.25, 0.3) is 6.43 Å². The molecule has 0 bridgehead atoms. The van der Waals surface area contributed by atoms with Crippen LogP contribution in [0.3, 0.4) is 0 Å². The van der Waals surface area contributed by atoms with Gasteiger partial charge >= 0.3 is 0 Å².